The number of benzene rings is 1. The first-order chi connectivity index (χ1) is 10.2. The van der Waals surface area contributed by atoms with Crippen molar-refractivity contribution in [2.45, 2.75) is 38.1 Å². The maximum atomic E-state index is 10.8. The number of carbonyl (C=O) groups excluding carboxylic acids is 1. The molecule has 0 radical (unpaired) electrons. The molecule has 1 fully saturated rings. The second-order valence-electron chi connectivity index (χ2n) is 5.59. The lowest BCUT2D eigenvalue weighted by Gasteiger charge is -2.32. The van der Waals surface area contributed by atoms with Crippen LogP contribution in [0.2, 0.25) is 0 Å². The number of nitrogens with two attached hydrogens (primary N) is 2. The first-order valence-electron chi connectivity index (χ1n) is 7.67. The zero-order chi connectivity index (χ0) is 15.1. The molecule has 0 spiro atoms. The molecule has 2 unspecified atom stereocenters. The third-order valence-corrected chi connectivity index (χ3v) is 4.05. The molecular formula is C16H25N3O2. The van der Waals surface area contributed by atoms with Gasteiger partial charge in [0.25, 0.3) is 0 Å². The SMILES string of the molecule is NCC1CCCCC1Nc1ccccc1OCCC(N)=O. The molecule has 1 saturated carbocycles. The topological polar surface area (TPSA) is 90.4 Å². The zero-order valence-corrected chi connectivity index (χ0v) is 12.4. The molecule has 1 aromatic carbocycles. The number of hydrogen-bond acceptors (Lipinski definition) is 4. The van der Waals surface area contributed by atoms with E-state index in [-0.39, 0.29) is 12.3 Å². The summed E-state index contributed by atoms with van der Waals surface area (Å²) in [7, 11) is 0. The van der Waals surface area contributed by atoms with Crippen molar-refractivity contribution in [3.8, 4) is 5.75 Å². The van der Waals surface area contributed by atoms with Gasteiger partial charge in [0.05, 0.1) is 18.7 Å². The minimum Gasteiger partial charge on any atom is -0.491 e. The van der Waals surface area contributed by atoms with Crippen molar-refractivity contribution < 1.29 is 9.53 Å². The summed E-state index contributed by atoms with van der Waals surface area (Å²) in [5.74, 6) is 0.924. The minimum absolute atomic E-state index is 0.225. The Morgan fingerprint density at radius 3 is 2.81 bits per heavy atom. The first kappa shape index (κ1) is 15.6. The van der Waals surface area contributed by atoms with Gasteiger partial charge in [-0.25, -0.2) is 0 Å². The van der Waals surface area contributed by atoms with Crippen molar-refractivity contribution >= 4 is 11.6 Å². The quantitative estimate of drug-likeness (QED) is 0.715. The summed E-state index contributed by atoms with van der Waals surface area (Å²) in [4.78, 5) is 10.8. The molecule has 0 aromatic heterocycles. The molecule has 0 heterocycles. The Labute approximate surface area is 126 Å². The van der Waals surface area contributed by atoms with Gasteiger partial charge in [0.15, 0.2) is 0 Å². The molecule has 116 valence electrons. The van der Waals surface area contributed by atoms with Gasteiger partial charge >= 0.3 is 0 Å². The van der Waals surface area contributed by atoms with Crippen molar-refractivity contribution in [2.24, 2.45) is 17.4 Å². The van der Waals surface area contributed by atoms with Gasteiger partial charge in [-0.2, -0.15) is 0 Å². The van der Waals surface area contributed by atoms with Crippen LogP contribution in [0.15, 0.2) is 24.3 Å². The first-order valence-corrected chi connectivity index (χ1v) is 7.67. The fourth-order valence-corrected chi connectivity index (χ4v) is 2.85. The molecule has 0 saturated heterocycles. The third kappa shape index (κ3) is 4.63. The fourth-order valence-electron chi connectivity index (χ4n) is 2.85. The summed E-state index contributed by atoms with van der Waals surface area (Å²) in [5, 5.41) is 3.57. The minimum atomic E-state index is -0.351. The molecule has 1 aliphatic rings. The van der Waals surface area contributed by atoms with Crippen LogP contribution in [0.5, 0.6) is 5.75 Å². The summed E-state index contributed by atoms with van der Waals surface area (Å²) in [6.45, 7) is 1.02. The highest BCUT2D eigenvalue weighted by Crippen LogP contribution is 2.30. The van der Waals surface area contributed by atoms with E-state index in [0.29, 0.717) is 25.1 Å². The van der Waals surface area contributed by atoms with Crippen LogP contribution in [0, 0.1) is 5.92 Å². The van der Waals surface area contributed by atoms with Crippen LogP contribution in [0.25, 0.3) is 0 Å². The molecule has 5 nitrogen and oxygen atoms in total. The highest BCUT2D eigenvalue weighted by molar-refractivity contribution is 5.73. The van der Waals surface area contributed by atoms with Gasteiger partial charge in [-0.05, 0) is 37.4 Å². The molecule has 1 amide bonds. The van der Waals surface area contributed by atoms with Crippen LogP contribution in [0.1, 0.15) is 32.1 Å². The predicted molar refractivity (Wildman–Crippen MR) is 84.2 cm³/mol. The molecule has 1 aromatic rings. The summed E-state index contributed by atoms with van der Waals surface area (Å²) in [6.07, 6.45) is 5.04. The van der Waals surface area contributed by atoms with E-state index in [1.54, 1.807) is 0 Å². The number of ether oxygens (including phenoxy) is 1. The molecule has 2 atom stereocenters. The monoisotopic (exact) mass is 291 g/mol. The normalized spacial score (nSPS) is 21.8. The summed E-state index contributed by atoms with van der Waals surface area (Å²) in [5.41, 5.74) is 12.0. The molecule has 0 bridgehead atoms. The van der Waals surface area contributed by atoms with Gasteiger partial charge in [-0.15, -0.1) is 0 Å². The summed E-state index contributed by atoms with van der Waals surface area (Å²) >= 11 is 0. The Balaban J connectivity index is 1.99. The second kappa shape index (κ2) is 7.88. The number of para-hydroxylation sites is 2. The van der Waals surface area contributed by atoms with Crippen LogP contribution >= 0.6 is 0 Å². The van der Waals surface area contributed by atoms with E-state index in [0.717, 1.165) is 17.9 Å². The summed E-state index contributed by atoms with van der Waals surface area (Å²) in [6, 6.07) is 8.20. The third-order valence-electron chi connectivity index (χ3n) is 4.05. The van der Waals surface area contributed by atoms with Crippen LogP contribution in [-0.4, -0.2) is 25.1 Å². The van der Waals surface area contributed by atoms with Gasteiger partial charge in [0, 0.05) is 6.04 Å². The van der Waals surface area contributed by atoms with Gasteiger partial charge in [0.1, 0.15) is 5.75 Å². The molecule has 1 aliphatic carbocycles. The van der Waals surface area contributed by atoms with Crippen LogP contribution < -0.4 is 21.5 Å². The van der Waals surface area contributed by atoms with Crippen LogP contribution in [0.4, 0.5) is 5.69 Å². The Morgan fingerprint density at radius 2 is 2.05 bits per heavy atom. The second-order valence-corrected chi connectivity index (χ2v) is 5.59. The van der Waals surface area contributed by atoms with Crippen LogP contribution in [-0.2, 0) is 4.79 Å². The van der Waals surface area contributed by atoms with E-state index in [4.69, 9.17) is 16.2 Å². The lowest BCUT2D eigenvalue weighted by atomic mass is 9.84. The zero-order valence-electron chi connectivity index (χ0n) is 12.4. The molecule has 2 rings (SSSR count). The van der Waals surface area contributed by atoms with Gasteiger partial charge in [-0.3, -0.25) is 4.79 Å². The predicted octanol–water partition coefficient (Wildman–Crippen LogP) is 1.87. The van der Waals surface area contributed by atoms with E-state index in [9.17, 15) is 4.79 Å². The van der Waals surface area contributed by atoms with E-state index < -0.39 is 0 Å². The highest BCUT2D eigenvalue weighted by Gasteiger charge is 2.24. The number of carbonyl (C=O) groups is 1. The largest absolute Gasteiger partial charge is 0.491 e. The number of nitrogens with one attached hydrogen (secondary N) is 1. The molecule has 5 N–H and O–H groups in total. The Hall–Kier alpha value is -1.75. The number of amides is 1. The van der Waals surface area contributed by atoms with E-state index in [2.05, 4.69) is 5.32 Å². The lowest BCUT2D eigenvalue weighted by molar-refractivity contribution is -0.118. The van der Waals surface area contributed by atoms with Gasteiger partial charge in [-0.1, -0.05) is 25.0 Å². The van der Waals surface area contributed by atoms with Crippen LogP contribution in [0.3, 0.4) is 0 Å². The van der Waals surface area contributed by atoms with E-state index in [1.807, 2.05) is 24.3 Å². The van der Waals surface area contributed by atoms with Crippen molar-refractivity contribution in [1.82, 2.24) is 0 Å². The smallest absolute Gasteiger partial charge is 0.220 e. The average molecular weight is 291 g/mol. The average Bonchev–Trinajstić information content (AvgIpc) is 2.49. The van der Waals surface area contributed by atoms with Crippen molar-refractivity contribution in [3.05, 3.63) is 24.3 Å². The summed E-state index contributed by atoms with van der Waals surface area (Å²) < 4.78 is 5.66. The fraction of sp³-hybridized carbons (Fsp3) is 0.562. The maximum Gasteiger partial charge on any atom is 0.220 e. The standard InChI is InChI=1S/C16H25N3O2/c17-11-12-5-1-2-6-13(12)19-14-7-3-4-8-15(14)21-10-9-16(18)20/h3-4,7-8,12-13,19H,1-2,5-6,9-11,17H2,(H2,18,20). The van der Waals surface area contributed by atoms with E-state index in [1.165, 1.54) is 19.3 Å². The number of primary amides is 1. The Kier molecular flexibility index (Phi) is 5.87. The lowest BCUT2D eigenvalue weighted by Crippen LogP contribution is -2.36. The van der Waals surface area contributed by atoms with Crippen molar-refractivity contribution in [2.75, 3.05) is 18.5 Å². The van der Waals surface area contributed by atoms with Crippen molar-refractivity contribution in [3.63, 3.8) is 0 Å². The van der Waals surface area contributed by atoms with E-state index >= 15 is 0 Å². The maximum absolute atomic E-state index is 10.8. The molecule has 5 heteroatoms. The molecule has 21 heavy (non-hydrogen) atoms. The Morgan fingerprint density at radius 1 is 1.29 bits per heavy atom. The van der Waals surface area contributed by atoms with Gasteiger partial charge in [0.2, 0.25) is 5.91 Å². The molecular weight excluding hydrogens is 266 g/mol. The number of anilines is 1. The van der Waals surface area contributed by atoms with Gasteiger partial charge < -0.3 is 21.5 Å². The Bertz CT molecular complexity index is 465. The van der Waals surface area contributed by atoms with Crippen molar-refractivity contribution in [1.29, 1.82) is 0 Å². The number of hydrogen-bond donors (Lipinski definition) is 3. The highest BCUT2D eigenvalue weighted by atomic mass is 16.5. The number of rotatable bonds is 7. The molecule has 0 aliphatic heterocycles.